The number of amides is 2. The number of carbonyl (C=O) groups excluding carboxylic acids is 1. The van der Waals surface area contributed by atoms with Crippen LogP contribution in [0.3, 0.4) is 0 Å². The van der Waals surface area contributed by atoms with Gasteiger partial charge in [-0.25, -0.2) is 4.79 Å². The van der Waals surface area contributed by atoms with Gasteiger partial charge in [-0.15, -0.1) is 0 Å². The molecule has 0 unspecified atom stereocenters. The highest BCUT2D eigenvalue weighted by Gasteiger charge is 2.20. The number of hydrogen-bond acceptors (Lipinski definition) is 3. The van der Waals surface area contributed by atoms with Gasteiger partial charge in [0.25, 0.3) is 0 Å². The number of nitrogens with zero attached hydrogens (tertiary/aromatic N) is 2. The molecule has 18 heavy (non-hydrogen) atoms. The first-order valence-corrected chi connectivity index (χ1v) is 6.98. The van der Waals surface area contributed by atoms with Crippen molar-refractivity contribution in [2.24, 2.45) is 5.73 Å². The maximum absolute atomic E-state index is 11.0. The largest absolute Gasteiger partial charge is 0.351 e. The molecule has 2 amide bonds. The summed E-state index contributed by atoms with van der Waals surface area (Å²) in [4.78, 5) is 15.1. The minimum absolute atomic E-state index is 0.285. The summed E-state index contributed by atoms with van der Waals surface area (Å²) in [6, 6.07) is 0.876. The van der Waals surface area contributed by atoms with Crippen LogP contribution in [0.4, 0.5) is 4.79 Å². The van der Waals surface area contributed by atoms with Crippen LogP contribution >= 0.6 is 0 Å². The molecule has 3 N–H and O–H groups in total. The summed E-state index contributed by atoms with van der Waals surface area (Å²) >= 11 is 0. The molecule has 106 valence electrons. The van der Waals surface area contributed by atoms with Crippen molar-refractivity contribution >= 4 is 6.03 Å². The molecule has 1 aliphatic rings. The van der Waals surface area contributed by atoms with E-state index in [9.17, 15) is 4.79 Å². The summed E-state index contributed by atoms with van der Waals surface area (Å²) in [7, 11) is 2.16. The lowest BCUT2D eigenvalue weighted by atomic mass is 10.1. The minimum Gasteiger partial charge on any atom is -0.351 e. The molecular formula is C13H28N4O. The van der Waals surface area contributed by atoms with Crippen LogP contribution in [0.15, 0.2) is 0 Å². The van der Waals surface area contributed by atoms with Gasteiger partial charge >= 0.3 is 6.03 Å². The molecule has 1 aliphatic heterocycles. The molecule has 1 rings (SSSR count). The summed E-state index contributed by atoms with van der Waals surface area (Å²) in [6.07, 6.45) is 3.20. The Kier molecular flexibility index (Phi) is 6.43. The molecule has 1 fully saturated rings. The third-order valence-corrected chi connectivity index (χ3v) is 3.81. The van der Waals surface area contributed by atoms with Gasteiger partial charge in [0, 0.05) is 25.2 Å². The van der Waals surface area contributed by atoms with Crippen molar-refractivity contribution in [3.63, 3.8) is 0 Å². The van der Waals surface area contributed by atoms with Crippen molar-refractivity contribution in [2.45, 2.75) is 45.2 Å². The molecule has 5 nitrogen and oxygen atoms in total. The average Bonchev–Trinajstić information content (AvgIpc) is 2.34. The van der Waals surface area contributed by atoms with Crippen molar-refractivity contribution in [2.75, 3.05) is 33.2 Å². The van der Waals surface area contributed by atoms with E-state index in [2.05, 4.69) is 31.1 Å². The van der Waals surface area contributed by atoms with E-state index in [1.807, 2.05) is 0 Å². The number of urea groups is 1. The first-order valence-electron chi connectivity index (χ1n) is 6.98. The molecular weight excluding hydrogens is 228 g/mol. The Bertz CT molecular complexity index is 249. The standard InChI is InChI=1S/C13H28N4O/c1-11(2)16(3)8-4-7-15-12-5-9-17(10-6-12)13(14)18/h11-12,15H,4-10H2,1-3H3,(H2,14,18). The summed E-state index contributed by atoms with van der Waals surface area (Å²) < 4.78 is 0. The predicted octanol–water partition coefficient (Wildman–Crippen LogP) is 0.849. The van der Waals surface area contributed by atoms with Gasteiger partial charge < -0.3 is 20.9 Å². The van der Waals surface area contributed by atoms with Crippen molar-refractivity contribution in [3.05, 3.63) is 0 Å². The van der Waals surface area contributed by atoms with Gasteiger partial charge in [-0.3, -0.25) is 0 Å². The van der Waals surface area contributed by atoms with Gasteiger partial charge in [0.2, 0.25) is 0 Å². The molecule has 1 heterocycles. The molecule has 0 radical (unpaired) electrons. The van der Waals surface area contributed by atoms with E-state index in [1.165, 1.54) is 6.42 Å². The first kappa shape index (κ1) is 15.2. The number of carbonyl (C=O) groups is 1. The highest BCUT2D eigenvalue weighted by Crippen LogP contribution is 2.09. The van der Waals surface area contributed by atoms with E-state index >= 15 is 0 Å². The lowest BCUT2D eigenvalue weighted by molar-refractivity contribution is 0.184. The zero-order chi connectivity index (χ0) is 13.5. The number of nitrogens with one attached hydrogen (secondary N) is 1. The number of piperidine rings is 1. The Labute approximate surface area is 111 Å². The van der Waals surface area contributed by atoms with E-state index in [1.54, 1.807) is 4.90 Å². The number of hydrogen-bond donors (Lipinski definition) is 2. The van der Waals surface area contributed by atoms with Crippen molar-refractivity contribution in [1.82, 2.24) is 15.1 Å². The summed E-state index contributed by atoms with van der Waals surface area (Å²) in [5, 5.41) is 3.57. The SMILES string of the molecule is CC(C)N(C)CCCNC1CCN(C(N)=O)CC1. The van der Waals surface area contributed by atoms with Gasteiger partial charge in [-0.1, -0.05) is 0 Å². The fourth-order valence-electron chi connectivity index (χ4n) is 2.20. The number of rotatable bonds is 6. The highest BCUT2D eigenvalue weighted by atomic mass is 16.2. The Morgan fingerprint density at radius 2 is 2.06 bits per heavy atom. The molecule has 0 aromatic heterocycles. The summed E-state index contributed by atoms with van der Waals surface area (Å²) in [5.41, 5.74) is 5.26. The fourth-order valence-corrected chi connectivity index (χ4v) is 2.20. The van der Waals surface area contributed by atoms with Crippen molar-refractivity contribution in [1.29, 1.82) is 0 Å². The molecule has 0 aromatic carbocycles. The second kappa shape index (κ2) is 7.59. The van der Waals surface area contributed by atoms with Crippen LogP contribution in [0.1, 0.15) is 33.1 Å². The predicted molar refractivity (Wildman–Crippen MR) is 74.6 cm³/mol. The normalized spacial score (nSPS) is 17.7. The van der Waals surface area contributed by atoms with Gasteiger partial charge in [0.05, 0.1) is 0 Å². The molecule has 0 spiro atoms. The van der Waals surface area contributed by atoms with Crippen LogP contribution in [0, 0.1) is 0 Å². The molecule has 5 heteroatoms. The van der Waals surface area contributed by atoms with Gasteiger partial charge in [0.15, 0.2) is 0 Å². The number of likely N-dealkylation sites (tertiary alicyclic amines) is 1. The number of primary amides is 1. The summed E-state index contributed by atoms with van der Waals surface area (Å²) in [5.74, 6) is 0. The second-order valence-electron chi connectivity index (χ2n) is 5.48. The lowest BCUT2D eigenvalue weighted by Gasteiger charge is -2.31. The van der Waals surface area contributed by atoms with Crippen LogP contribution in [0.2, 0.25) is 0 Å². The molecule has 0 aliphatic carbocycles. The molecule has 0 bridgehead atoms. The zero-order valence-corrected chi connectivity index (χ0v) is 12.0. The summed E-state index contributed by atoms with van der Waals surface area (Å²) in [6.45, 7) is 8.20. The Balaban J connectivity index is 2.06. The van der Waals surface area contributed by atoms with E-state index in [0.29, 0.717) is 12.1 Å². The Morgan fingerprint density at radius 3 is 2.56 bits per heavy atom. The maximum Gasteiger partial charge on any atom is 0.314 e. The minimum atomic E-state index is -0.285. The monoisotopic (exact) mass is 256 g/mol. The Morgan fingerprint density at radius 1 is 1.44 bits per heavy atom. The third kappa shape index (κ3) is 5.23. The van der Waals surface area contributed by atoms with Crippen LogP contribution in [-0.4, -0.2) is 61.1 Å². The third-order valence-electron chi connectivity index (χ3n) is 3.81. The van der Waals surface area contributed by atoms with Crippen LogP contribution in [0.25, 0.3) is 0 Å². The zero-order valence-electron chi connectivity index (χ0n) is 12.0. The van der Waals surface area contributed by atoms with Crippen molar-refractivity contribution in [3.8, 4) is 0 Å². The molecule has 0 saturated carbocycles. The highest BCUT2D eigenvalue weighted by molar-refractivity contribution is 5.72. The van der Waals surface area contributed by atoms with E-state index in [-0.39, 0.29) is 6.03 Å². The van der Waals surface area contributed by atoms with E-state index in [4.69, 9.17) is 5.73 Å². The van der Waals surface area contributed by atoms with Gasteiger partial charge in [-0.05, 0) is 53.2 Å². The average molecular weight is 256 g/mol. The van der Waals surface area contributed by atoms with E-state index < -0.39 is 0 Å². The van der Waals surface area contributed by atoms with Crippen LogP contribution in [0.5, 0.6) is 0 Å². The number of nitrogens with two attached hydrogens (primary N) is 1. The van der Waals surface area contributed by atoms with Crippen LogP contribution < -0.4 is 11.1 Å². The van der Waals surface area contributed by atoms with Gasteiger partial charge in [0.1, 0.15) is 0 Å². The van der Waals surface area contributed by atoms with Gasteiger partial charge in [-0.2, -0.15) is 0 Å². The second-order valence-corrected chi connectivity index (χ2v) is 5.48. The maximum atomic E-state index is 11.0. The van der Waals surface area contributed by atoms with Crippen molar-refractivity contribution < 1.29 is 4.79 Å². The van der Waals surface area contributed by atoms with Crippen LogP contribution in [-0.2, 0) is 0 Å². The molecule has 0 atom stereocenters. The fraction of sp³-hybridized carbons (Fsp3) is 0.923. The quantitative estimate of drug-likeness (QED) is 0.693. The first-order chi connectivity index (χ1) is 8.50. The van der Waals surface area contributed by atoms with E-state index in [0.717, 1.165) is 39.0 Å². The lowest BCUT2D eigenvalue weighted by Crippen LogP contribution is -2.47. The molecule has 0 aromatic rings. The topological polar surface area (TPSA) is 61.6 Å². The molecule has 1 saturated heterocycles. The Hall–Kier alpha value is -0.810. The smallest absolute Gasteiger partial charge is 0.314 e.